The van der Waals surface area contributed by atoms with Gasteiger partial charge in [-0.15, -0.1) is 0 Å². The molecule has 2 amide bonds. The van der Waals surface area contributed by atoms with Crippen LogP contribution in [0, 0.1) is 11.3 Å². The molecular formula is C28H46N7O19P3S. The predicted octanol–water partition coefficient (Wildman–Crippen LogP) is -0.444. The summed E-state index contributed by atoms with van der Waals surface area (Å²) < 4.78 is 62.0. The Morgan fingerprint density at radius 2 is 1.72 bits per heavy atom. The molecule has 30 heteroatoms. The number of ether oxygens (including phenoxy) is 1. The Kier molecular flexibility index (Phi) is 17.9. The minimum Gasteiger partial charge on any atom is -0.481 e. The predicted molar refractivity (Wildman–Crippen MR) is 198 cm³/mol. The topological polar surface area (TPSA) is 401 Å². The van der Waals surface area contributed by atoms with Gasteiger partial charge in [-0.3, -0.25) is 37.3 Å². The van der Waals surface area contributed by atoms with E-state index in [1.807, 2.05) is 6.92 Å². The van der Waals surface area contributed by atoms with Gasteiger partial charge >= 0.3 is 29.4 Å². The molecule has 2 aromatic rings. The van der Waals surface area contributed by atoms with Crippen molar-refractivity contribution in [3.05, 3.63) is 12.7 Å². The van der Waals surface area contributed by atoms with Gasteiger partial charge in [-0.1, -0.05) is 45.4 Å². The summed E-state index contributed by atoms with van der Waals surface area (Å²) in [5, 5.41) is 35.0. The number of hydrogen-bond acceptors (Lipinski definition) is 19. The quantitative estimate of drug-likeness (QED) is 0.0362. The molecule has 26 nitrogen and oxygen atoms in total. The van der Waals surface area contributed by atoms with Crippen LogP contribution in [0.4, 0.5) is 5.82 Å². The molecule has 1 saturated heterocycles. The molecule has 3 heterocycles. The van der Waals surface area contributed by atoms with Crippen LogP contribution in [0.15, 0.2) is 12.7 Å². The van der Waals surface area contributed by atoms with E-state index in [2.05, 4.69) is 34.4 Å². The van der Waals surface area contributed by atoms with Crippen LogP contribution in [0.1, 0.15) is 52.7 Å². The lowest BCUT2D eigenvalue weighted by molar-refractivity contribution is -0.144. The highest BCUT2D eigenvalue weighted by molar-refractivity contribution is 8.13. The van der Waals surface area contributed by atoms with Gasteiger partial charge in [0.1, 0.15) is 42.2 Å². The SMILES string of the molecule is CCCCC(C(=O)O)C(=O)SCCNC(=O)CCNC(=O)C(O)C(C)(C)COP(=O)(O)OP(=O)(O)OC[C@H]1O[C@@H](n2cnc3c(N)ncnc32)[C@H](O)[C@@H]1OP(=O)(O)O. The van der Waals surface area contributed by atoms with Gasteiger partial charge in [-0.2, -0.15) is 4.31 Å². The number of carboxylic acid groups (broad SMARTS) is 1. The van der Waals surface area contributed by atoms with Crippen molar-refractivity contribution < 1.29 is 90.4 Å². The Balaban J connectivity index is 1.48. The molecule has 1 fully saturated rings. The van der Waals surface area contributed by atoms with Crippen molar-refractivity contribution in [1.29, 1.82) is 0 Å². The van der Waals surface area contributed by atoms with Crippen LogP contribution in [-0.4, -0.2) is 134 Å². The van der Waals surface area contributed by atoms with E-state index in [9.17, 15) is 67.8 Å². The van der Waals surface area contributed by atoms with Gasteiger partial charge in [0.15, 0.2) is 17.7 Å². The number of nitrogen functional groups attached to an aromatic ring is 1. The van der Waals surface area contributed by atoms with Crippen LogP contribution in [0.5, 0.6) is 0 Å². The summed E-state index contributed by atoms with van der Waals surface area (Å²) in [7, 11) is -16.5. The summed E-state index contributed by atoms with van der Waals surface area (Å²) in [6.07, 6.45) is -5.61. The van der Waals surface area contributed by atoms with Crippen LogP contribution in [0.25, 0.3) is 11.2 Å². The molecule has 4 unspecified atom stereocenters. The largest absolute Gasteiger partial charge is 0.481 e. The number of thioether (sulfide) groups is 1. The number of imidazole rings is 1. The van der Waals surface area contributed by atoms with E-state index in [1.54, 1.807) is 0 Å². The van der Waals surface area contributed by atoms with E-state index in [0.717, 1.165) is 35.4 Å². The average Bonchev–Trinajstić information content (AvgIpc) is 3.68. The van der Waals surface area contributed by atoms with Crippen LogP contribution in [0.2, 0.25) is 0 Å². The molecule has 0 spiro atoms. The van der Waals surface area contributed by atoms with Crippen LogP contribution < -0.4 is 16.4 Å². The minimum absolute atomic E-state index is 0.0191. The number of hydrogen-bond donors (Lipinski definition) is 10. The molecule has 58 heavy (non-hydrogen) atoms. The zero-order valence-corrected chi connectivity index (χ0v) is 34.6. The molecule has 0 radical (unpaired) electrons. The number of carboxylic acids is 1. The first-order chi connectivity index (χ1) is 26.9. The summed E-state index contributed by atoms with van der Waals surface area (Å²) in [4.78, 5) is 99.1. The second-order valence-corrected chi connectivity index (χ2v) is 18.6. The third-order valence-corrected chi connectivity index (χ3v) is 12.3. The number of nitrogens with one attached hydrogen (secondary N) is 2. The van der Waals surface area contributed by atoms with Crippen molar-refractivity contribution >= 4 is 75.1 Å². The third-order valence-electron chi connectivity index (χ3n) is 8.18. The molecule has 2 aromatic heterocycles. The molecule has 3 rings (SSSR count). The molecule has 0 bridgehead atoms. The molecule has 8 atom stereocenters. The smallest absolute Gasteiger partial charge is 0.481 e. The standard InChI is InChI=1S/C28H46N7O19P3S/c1-4-5-6-15(26(40)41)27(42)58-10-9-30-17(36)7-8-31-24(39)21(38)28(2,3)12-51-57(48,49)54-56(46,47)50-11-16-20(53-55(43,44)45)19(37)25(52-16)35-14-34-18-22(29)32-13-33-23(18)35/h13-16,19-21,25,37-38H,4-12H2,1-3H3,(H,30,36)(H,31,39)(H,40,41)(H,46,47)(H,48,49)(H2,29,32,33)(H2,43,44,45)/t15?,16-,19-,20-,21?,25-/m1/s1. The van der Waals surface area contributed by atoms with Gasteiger partial charge in [-0.05, 0) is 6.42 Å². The Morgan fingerprint density at radius 1 is 1.05 bits per heavy atom. The number of carbonyl (C=O) groups excluding carboxylic acids is 3. The lowest BCUT2D eigenvalue weighted by Gasteiger charge is -2.30. The zero-order chi connectivity index (χ0) is 43.6. The maximum absolute atomic E-state index is 12.7. The average molecular weight is 910 g/mol. The second-order valence-electron chi connectivity index (χ2n) is 13.3. The minimum atomic E-state index is -5.59. The van der Waals surface area contributed by atoms with Crippen molar-refractivity contribution in [3.8, 4) is 0 Å². The number of aliphatic carboxylic acids is 1. The van der Waals surface area contributed by atoms with Crippen molar-refractivity contribution in [2.45, 2.75) is 77.1 Å². The molecule has 0 aliphatic carbocycles. The zero-order valence-electron chi connectivity index (χ0n) is 31.1. The number of nitrogens with zero attached hydrogens (tertiary/aromatic N) is 4. The molecule has 0 aromatic carbocycles. The molecule has 0 saturated carbocycles. The van der Waals surface area contributed by atoms with Crippen molar-refractivity contribution in [2.24, 2.45) is 11.3 Å². The van der Waals surface area contributed by atoms with Crippen molar-refractivity contribution in [2.75, 3.05) is 37.8 Å². The fourth-order valence-corrected chi connectivity index (χ4v) is 8.79. The van der Waals surface area contributed by atoms with E-state index in [0.29, 0.717) is 6.42 Å². The Bertz CT molecular complexity index is 1920. The number of phosphoric ester groups is 3. The molecule has 328 valence electrons. The lowest BCUT2D eigenvalue weighted by atomic mass is 9.87. The number of aliphatic hydroxyl groups is 2. The number of nitrogens with two attached hydrogens (primary N) is 1. The maximum Gasteiger partial charge on any atom is 0.481 e. The van der Waals surface area contributed by atoms with E-state index in [4.69, 9.17) is 19.5 Å². The summed E-state index contributed by atoms with van der Waals surface area (Å²) in [5.74, 6) is -3.86. The summed E-state index contributed by atoms with van der Waals surface area (Å²) >= 11 is 0.776. The van der Waals surface area contributed by atoms with Gasteiger partial charge < -0.3 is 56.0 Å². The van der Waals surface area contributed by atoms with Gasteiger partial charge in [0, 0.05) is 30.7 Å². The molecule has 1 aliphatic rings. The van der Waals surface area contributed by atoms with Crippen LogP contribution in [-0.2, 0) is 55.5 Å². The van der Waals surface area contributed by atoms with E-state index < -0.39 is 102 Å². The maximum atomic E-state index is 12.7. The number of rotatable bonds is 24. The molecule has 1 aliphatic heterocycles. The first-order valence-electron chi connectivity index (χ1n) is 17.2. The number of unbranched alkanes of at least 4 members (excludes halogenated alkanes) is 1. The number of amides is 2. The second kappa shape index (κ2) is 21.0. The third kappa shape index (κ3) is 14.6. The Morgan fingerprint density at radius 3 is 2.36 bits per heavy atom. The number of aliphatic hydroxyl groups excluding tert-OH is 2. The fraction of sp³-hybridized carbons (Fsp3) is 0.679. The normalized spacial score (nSPS) is 21.8. The van der Waals surface area contributed by atoms with E-state index in [-0.39, 0.29) is 48.7 Å². The van der Waals surface area contributed by atoms with Crippen molar-refractivity contribution in [1.82, 2.24) is 30.2 Å². The fourth-order valence-electron chi connectivity index (χ4n) is 5.13. The van der Waals surface area contributed by atoms with Crippen LogP contribution in [0.3, 0.4) is 0 Å². The van der Waals surface area contributed by atoms with Gasteiger partial charge in [0.05, 0.1) is 19.5 Å². The first-order valence-corrected chi connectivity index (χ1v) is 22.7. The number of phosphoric acid groups is 3. The highest BCUT2D eigenvalue weighted by Crippen LogP contribution is 2.61. The van der Waals surface area contributed by atoms with Gasteiger partial charge in [0.2, 0.25) is 16.9 Å². The van der Waals surface area contributed by atoms with Gasteiger partial charge in [0.25, 0.3) is 0 Å². The number of carbonyl (C=O) groups is 4. The van der Waals surface area contributed by atoms with Gasteiger partial charge in [-0.25, -0.2) is 28.6 Å². The van der Waals surface area contributed by atoms with E-state index in [1.165, 1.54) is 13.8 Å². The number of anilines is 1. The molecule has 11 N–H and O–H groups in total. The van der Waals surface area contributed by atoms with Crippen molar-refractivity contribution in [3.63, 3.8) is 0 Å². The summed E-state index contributed by atoms with van der Waals surface area (Å²) in [6, 6.07) is 0. The highest BCUT2D eigenvalue weighted by atomic mass is 32.2. The lowest BCUT2D eigenvalue weighted by Crippen LogP contribution is -2.46. The monoisotopic (exact) mass is 909 g/mol. The summed E-state index contributed by atoms with van der Waals surface area (Å²) in [5.41, 5.74) is 4.20. The highest BCUT2D eigenvalue weighted by Gasteiger charge is 2.50. The number of aromatic nitrogens is 4. The first kappa shape index (κ1) is 49.4. The number of fused-ring (bicyclic) bond motifs is 1. The Labute approximate surface area is 334 Å². The van der Waals surface area contributed by atoms with E-state index >= 15 is 0 Å². The van der Waals surface area contributed by atoms with Crippen LogP contribution >= 0.6 is 35.2 Å². The molecular weight excluding hydrogens is 863 g/mol. The Hall–Kier alpha value is -2.97. The summed E-state index contributed by atoms with van der Waals surface area (Å²) in [6.45, 7) is 2.01.